The molecule has 0 bridgehead atoms. The molecular weight excluding hydrogens is 408 g/mol. The van der Waals surface area contributed by atoms with Crippen molar-refractivity contribution in [1.29, 1.82) is 0 Å². The van der Waals surface area contributed by atoms with Crippen LogP contribution in [0.3, 0.4) is 0 Å². The third-order valence-electron chi connectivity index (χ3n) is 5.30. The van der Waals surface area contributed by atoms with Gasteiger partial charge in [-0.1, -0.05) is 6.07 Å². The standard InChI is InChI=1S/C22H32N8O2/c1-4-31-13-12-30-20-19(17(28-30)15-32-5-2)26-22(29-11-10-23-16(3)14-29)27-21(20)25-18-8-6-7-9-24-18/h6-9,16,23H,4-5,10-15H2,1-3H3,(H,24,25,26,27)/t16-/m1/s1. The Morgan fingerprint density at radius 2 is 2.06 bits per heavy atom. The molecule has 0 radical (unpaired) electrons. The molecule has 1 atom stereocenters. The lowest BCUT2D eigenvalue weighted by molar-refractivity contribution is 0.128. The van der Waals surface area contributed by atoms with Crippen LogP contribution in [0.15, 0.2) is 24.4 Å². The molecule has 1 saturated heterocycles. The summed E-state index contributed by atoms with van der Waals surface area (Å²) in [7, 11) is 0. The van der Waals surface area contributed by atoms with E-state index in [1.165, 1.54) is 0 Å². The topological polar surface area (TPSA) is 102 Å². The van der Waals surface area contributed by atoms with Crippen molar-refractivity contribution in [3.8, 4) is 0 Å². The predicted molar refractivity (Wildman–Crippen MR) is 124 cm³/mol. The second-order valence-corrected chi connectivity index (χ2v) is 7.71. The molecule has 10 nitrogen and oxygen atoms in total. The Hall–Kier alpha value is -2.82. The van der Waals surface area contributed by atoms with E-state index in [0.717, 1.165) is 42.2 Å². The SMILES string of the molecule is CCOCCn1nc(COCC)c2nc(N3CCN[C@H](C)C3)nc(Nc3ccccn3)c21. The number of aromatic nitrogens is 5. The molecule has 4 rings (SSSR count). The predicted octanol–water partition coefficient (Wildman–Crippen LogP) is 2.34. The fraction of sp³-hybridized carbons (Fsp3) is 0.545. The van der Waals surface area contributed by atoms with E-state index >= 15 is 0 Å². The van der Waals surface area contributed by atoms with Crippen molar-refractivity contribution in [1.82, 2.24) is 30.0 Å². The zero-order chi connectivity index (χ0) is 22.3. The highest BCUT2D eigenvalue weighted by Gasteiger charge is 2.24. The summed E-state index contributed by atoms with van der Waals surface area (Å²) in [4.78, 5) is 16.5. The van der Waals surface area contributed by atoms with Gasteiger partial charge in [0.25, 0.3) is 0 Å². The third kappa shape index (κ3) is 5.14. The first-order valence-corrected chi connectivity index (χ1v) is 11.3. The largest absolute Gasteiger partial charge is 0.380 e. The summed E-state index contributed by atoms with van der Waals surface area (Å²) < 4.78 is 13.2. The Bertz CT molecular complexity index is 1010. The maximum absolute atomic E-state index is 5.70. The smallest absolute Gasteiger partial charge is 0.228 e. The van der Waals surface area contributed by atoms with E-state index in [1.54, 1.807) is 6.20 Å². The maximum atomic E-state index is 5.70. The lowest BCUT2D eigenvalue weighted by atomic mass is 10.2. The summed E-state index contributed by atoms with van der Waals surface area (Å²) in [5.74, 6) is 2.09. The van der Waals surface area contributed by atoms with E-state index in [1.807, 2.05) is 36.7 Å². The summed E-state index contributed by atoms with van der Waals surface area (Å²) in [5.41, 5.74) is 2.43. The van der Waals surface area contributed by atoms with Crippen LogP contribution < -0.4 is 15.5 Å². The molecule has 0 amide bonds. The highest BCUT2D eigenvalue weighted by molar-refractivity contribution is 5.90. The fourth-order valence-electron chi connectivity index (χ4n) is 3.79. The van der Waals surface area contributed by atoms with Gasteiger partial charge in [-0.25, -0.2) is 9.97 Å². The Kier molecular flexibility index (Phi) is 7.46. The van der Waals surface area contributed by atoms with Crippen LogP contribution in [0, 0.1) is 0 Å². The molecule has 2 N–H and O–H groups in total. The molecule has 0 unspecified atom stereocenters. The zero-order valence-electron chi connectivity index (χ0n) is 19.0. The monoisotopic (exact) mass is 440 g/mol. The molecule has 0 aromatic carbocycles. The number of pyridine rings is 1. The molecule has 0 saturated carbocycles. The number of hydrogen-bond acceptors (Lipinski definition) is 9. The van der Waals surface area contributed by atoms with Crippen molar-refractivity contribution in [2.75, 3.05) is 49.7 Å². The van der Waals surface area contributed by atoms with Gasteiger partial charge in [0.15, 0.2) is 5.82 Å². The Morgan fingerprint density at radius 3 is 2.81 bits per heavy atom. The second-order valence-electron chi connectivity index (χ2n) is 7.71. The van der Waals surface area contributed by atoms with Crippen LogP contribution in [0.25, 0.3) is 11.0 Å². The first-order chi connectivity index (χ1) is 15.7. The normalized spacial score (nSPS) is 16.6. The van der Waals surface area contributed by atoms with Gasteiger partial charge in [0, 0.05) is 45.1 Å². The second kappa shape index (κ2) is 10.7. The van der Waals surface area contributed by atoms with E-state index in [4.69, 9.17) is 24.5 Å². The number of hydrogen-bond donors (Lipinski definition) is 2. The molecular formula is C22H32N8O2. The van der Waals surface area contributed by atoms with Crippen molar-refractivity contribution in [3.63, 3.8) is 0 Å². The van der Waals surface area contributed by atoms with Crippen molar-refractivity contribution in [3.05, 3.63) is 30.1 Å². The van der Waals surface area contributed by atoms with Gasteiger partial charge in [-0.2, -0.15) is 10.1 Å². The molecule has 3 aromatic rings. The quantitative estimate of drug-likeness (QED) is 0.460. The Morgan fingerprint density at radius 1 is 1.19 bits per heavy atom. The molecule has 0 spiro atoms. The third-order valence-corrected chi connectivity index (χ3v) is 5.30. The van der Waals surface area contributed by atoms with E-state index in [-0.39, 0.29) is 0 Å². The van der Waals surface area contributed by atoms with Crippen LogP contribution in [0.5, 0.6) is 0 Å². The van der Waals surface area contributed by atoms with Gasteiger partial charge in [0.2, 0.25) is 5.95 Å². The maximum Gasteiger partial charge on any atom is 0.228 e. The summed E-state index contributed by atoms with van der Waals surface area (Å²) in [6.45, 7) is 11.5. The lowest BCUT2D eigenvalue weighted by Gasteiger charge is -2.32. The highest BCUT2D eigenvalue weighted by atomic mass is 16.5. The van der Waals surface area contributed by atoms with Crippen LogP contribution in [0.2, 0.25) is 0 Å². The fourth-order valence-corrected chi connectivity index (χ4v) is 3.79. The van der Waals surface area contributed by atoms with Gasteiger partial charge in [-0.15, -0.1) is 0 Å². The zero-order valence-corrected chi connectivity index (χ0v) is 19.0. The molecule has 32 heavy (non-hydrogen) atoms. The van der Waals surface area contributed by atoms with Gasteiger partial charge in [-0.3, -0.25) is 4.68 Å². The lowest BCUT2D eigenvalue weighted by Crippen LogP contribution is -2.49. The van der Waals surface area contributed by atoms with Crippen LogP contribution in [-0.2, 0) is 22.6 Å². The first-order valence-electron chi connectivity index (χ1n) is 11.3. The van der Waals surface area contributed by atoms with Crippen LogP contribution in [0.1, 0.15) is 26.5 Å². The van der Waals surface area contributed by atoms with E-state index in [9.17, 15) is 0 Å². The van der Waals surface area contributed by atoms with Crippen LogP contribution in [-0.4, -0.2) is 70.2 Å². The summed E-state index contributed by atoms with van der Waals surface area (Å²) >= 11 is 0. The molecule has 1 fully saturated rings. The average molecular weight is 441 g/mol. The number of ether oxygens (including phenoxy) is 2. The minimum Gasteiger partial charge on any atom is -0.380 e. The number of anilines is 3. The number of nitrogens with one attached hydrogen (secondary N) is 2. The molecule has 10 heteroatoms. The number of piperazine rings is 1. The van der Waals surface area contributed by atoms with Gasteiger partial charge >= 0.3 is 0 Å². The number of nitrogens with zero attached hydrogens (tertiary/aromatic N) is 6. The van der Waals surface area contributed by atoms with Crippen LogP contribution in [0.4, 0.5) is 17.6 Å². The minimum atomic E-state index is 0.368. The van der Waals surface area contributed by atoms with E-state index < -0.39 is 0 Å². The molecule has 1 aliphatic heterocycles. The van der Waals surface area contributed by atoms with E-state index in [2.05, 4.69) is 27.4 Å². The number of fused-ring (bicyclic) bond motifs is 1. The van der Waals surface area contributed by atoms with Crippen molar-refractivity contribution in [2.45, 2.75) is 40.0 Å². The number of rotatable bonds is 10. The Labute approximate surface area is 188 Å². The van der Waals surface area contributed by atoms with Gasteiger partial charge in [0.1, 0.15) is 22.5 Å². The Balaban J connectivity index is 1.81. The van der Waals surface area contributed by atoms with Crippen molar-refractivity contribution >= 4 is 28.6 Å². The van der Waals surface area contributed by atoms with E-state index in [0.29, 0.717) is 50.8 Å². The molecule has 1 aliphatic rings. The molecule has 172 valence electrons. The summed E-state index contributed by atoms with van der Waals surface area (Å²) in [6.07, 6.45) is 1.76. The molecule has 3 aromatic heterocycles. The summed E-state index contributed by atoms with van der Waals surface area (Å²) in [6, 6.07) is 6.12. The summed E-state index contributed by atoms with van der Waals surface area (Å²) in [5, 5.41) is 11.7. The first kappa shape index (κ1) is 22.4. The van der Waals surface area contributed by atoms with Gasteiger partial charge in [-0.05, 0) is 32.9 Å². The van der Waals surface area contributed by atoms with Gasteiger partial charge in [0.05, 0.1) is 19.8 Å². The average Bonchev–Trinajstić information content (AvgIpc) is 3.16. The highest BCUT2D eigenvalue weighted by Crippen LogP contribution is 2.29. The van der Waals surface area contributed by atoms with Crippen LogP contribution >= 0.6 is 0 Å². The van der Waals surface area contributed by atoms with Crippen molar-refractivity contribution < 1.29 is 9.47 Å². The molecule has 0 aliphatic carbocycles. The van der Waals surface area contributed by atoms with Crippen molar-refractivity contribution in [2.24, 2.45) is 0 Å². The minimum absolute atomic E-state index is 0.368. The van der Waals surface area contributed by atoms with Gasteiger partial charge < -0.3 is 25.0 Å². The molecule has 4 heterocycles.